The van der Waals surface area contributed by atoms with Crippen LogP contribution < -0.4 is 14.8 Å². The van der Waals surface area contributed by atoms with Gasteiger partial charge in [0.15, 0.2) is 0 Å². The summed E-state index contributed by atoms with van der Waals surface area (Å²) in [6, 6.07) is 13.0. The van der Waals surface area contributed by atoms with Crippen molar-refractivity contribution in [2.24, 2.45) is 0 Å². The Morgan fingerprint density at radius 1 is 1.13 bits per heavy atom. The van der Waals surface area contributed by atoms with Crippen molar-refractivity contribution in [3.8, 4) is 11.5 Å². The molecule has 2 aromatic carbocycles. The molecule has 23 heavy (non-hydrogen) atoms. The van der Waals surface area contributed by atoms with Crippen LogP contribution in [0.4, 0.5) is 5.69 Å². The van der Waals surface area contributed by atoms with Gasteiger partial charge in [0.25, 0.3) is 0 Å². The Kier molecular flexibility index (Phi) is 4.46. The van der Waals surface area contributed by atoms with Crippen LogP contribution in [0.2, 0.25) is 0 Å². The van der Waals surface area contributed by atoms with Crippen molar-refractivity contribution in [3.63, 3.8) is 0 Å². The monoisotopic (exact) mass is 311 g/mol. The van der Waals surface area contributed by atoms with Crippen molar-refractivity contribution < 1.29 is 9.47 Å². The number of rotatable bonds is 5. The highest BCUT2D eigenvalue weighted by Crippen LogP contribution is 2.40. The first-order valence-electron chi connectivity index (χ1n) is 8.27. The zero-order chi connectivity index (χ0) is 16.4. The molecule has 2 atom stereocenters. The second-order valence-electron chi connectivity index (χ2n) is 6.23. The van der Waals surface area contributed by atoms with Gasteiger partial charge in [0, 0.05) is 11.3 Å². The number of methoxy groups -OCH3 is 2. The van der Waals surface area contributed by atoms with Crippen LogP contribution in [0.1, 0.15) is 48.9 Å². The Morgan fingerprint density at radius 3 is 2.65 bits per heavy atom. The van der Waals surface area contributed by atoms with E-state index < -0.39 is 0 Å². The lowest BCUT2D eigenvalue weighted by Crippen LogP contribution is -2.07. The second kappa shape index (κ2) is 6.53. The van der Waals surface area contributed by atoms with E-state index in [0.717, 1.165) is 23.5 Å². The van der Waals surface area contributed by atoms with E-state index in [0.29, 0.717) is 5.92 Å². The topological polar surface area (TPSA) is 30.5 Å². The number of anilines is 1. The standard InChI is InChI=1S/C20H25NO2/c1-5-13(2)14-6-8-18-15(10-14)11-19(21-18)17-12-16(22-3)7-9-20(17)23-4/h6-10,12-13,19,21H,5,11H2,1-4H3. The highest BCUT2D eigenvalue weighted by molar-refractivity contribution is 5.61. The normalized spacial score (nSPS) is 17.3. The Hall–Kier alpha value is -2.16. The van der Waals surface area contributed by atoms with Crippen molar-refractivity contribution >= 4 is 5.69 Å². The number of nitrogens with one attached hydrogen (secondary N) is 1. The lowest BCUT2D eigenvalue weighted by Gasteiger charge is -2.16. The maximum Gasteiger partial charge on any atom is 0.124 e. The predicted molar refractivity (Wildman–Crippen MR) is 94.8 cm³/mol. The summed E-state index contributed by atoms with van der Waals surface area (Å²) < 4.78 is 10.9. The molecule has 0 fully saturated rings. The van der Waals surface area contributed by atoms with Crippen LogP contribution in [0.5, 0.6) is 11.5 Å². The van der Waals surface area contributed by atoms with Crippen LogP contribution in [0.3, 0.4) is 0 Å². The highest BCUT2D eigenvalue weighted by atomic mass is 16.5. The van der Waals surface area contributed by atoms with Gasteiger partial charge in [-0.25, -0.2) is 0 Å². The Labute approximate surface area is 138 Å². The smallest absolute Gasteiger partial charge is 0.124 e. The number of benzene rings is 2. The lowest BCUT2D eigenvalue weighted by molar-refractivity contribution is 0.396. The van der Waals surface area contributed by atoms with E-state index in [9.17, 15) is 0 Å². The van der Waals surface area contributed by atoms with Crippen molar-refractivity contribution in [1.29, 1.82) is 0 Å². The molecule has 0 aromatic heterocycles. The minimum absolute atomic E-state index is 0.224. The summed E-state index contributed by atoms with van der Waals surface area (Å²) in [5.74, 6) is 2.36. The largest absolute Gasteiger partial charge is 0.497 e. The van der Waals surface area contributed by atoms with Crippen molar-refractivity contribution in [3.05, 3.63) is 53.1 Å². The van der Waals surface area contributed by atoms with Crippen LogP contribution in [0.25, 0.3) is 0 Å². The van der Waals surface area contributed by atoms with Gasteiger partial charge < -0.3 is 14.8 Å². The van der Waals surface area contributed by atoms with Gasteiger partial charge in [-0.3, -0.25) is 0 Å². The molecule has 0 amide bonds. The average molecular weight is 311 g/mol. The molecule has 1 heterocycles. The molecular weight excluding hydrogens is 286 g/mol. The van der Waals surface area contributed by atoms with Gasteiger partial charge >= 0.3 is 0 Å². The highest BCUT2D eigenvalue weighted by Gasteiger charge is 2.25. The molecule has 1 N–H and O–H groups in total. The first-order valence-corrected chi connectivity index (χ1v) is 8.27. The van der Waals surface area contributed by atoms with Gasteiger partial charge in [-0.1, -0.05) is 26.0 Å². The fourth-order valence-electron chi connectivity index (χ4n) is 3.22. The molecule has 0 saturated heterocycles. The summed E-state index contributed by atoms with van der Waals surface area (Å²) in [5.41, 5.74) is 5.18. The van der Waals surface area contributed by atoms with E-state index in [1.165, 1.54) is 23.2 Å². The van der Waals surface area contributed by atoms with E-state index in [-0.39, 0.29) is 6.04 Å². The molecule has 1 aliphatic heterocycles. The van der Waals surface area contributed by atoms with E-state index in [1.54, 1.807) is 14.2 Å². The van der Waals surface area contributed by atoms with Gasteiger partial charge in [0.1, 0.15) is 11.5 Å². The molecular formula is C20H25NO2. The fourth-order valence-corrected chi connectivity index (χ4v) is 3.22. The molecule has 1 aliphatic rings. The van der Waals surface area contributed by atoms with Crippen LogP contribution in [0.15, 0.2) is 36.4 Å². The first kappa shape index (κ1) is 15.7. The molecule has 0 bridgehead atoms. The Balaban J connectivity index is 1.90. The number of hydrogen-bond donors (Lipinski definition) is 1. The van der Waals surface area contributed by atoms with Crippen molar-refractivity contribution in [1.82, 2.24) is 0 Å². The molecule has 0 aliphatic carbocycles. The van der Waals surface area contributed by atoms with Crippen LogP contribution >= 0.6 is 0 Å². The number of hydrogen-bond acceptors (Lipinski definition) is 3. The molecule has 0 spiro atoms. The SMILES string of the molecule is CCC(C)c1ccc2c(c1)CC(c1cc(OC)ccc1OC)N2. The lowest BCUT2D eigenvalue weighted by atomic mass is 9.95. The van der Waals surface area contributed by atoms with E-state index >= 15 is 0 Å². The molecule has 3 nitrogen and oxygen atoms in total. The number of ether oxygens (including phenoxy) is 2. The Bertz CT molecular complexity index is 696. The van der Waals surface area contributed by atoms with Crippen LogP contribution in [-0.2, 0) is 6.42 Å². The van der Waals surface area contributed by atoms with E-state index in [1.807, 2.05) is 12.1 Å². The quantitative estimate of drug-likeness (QED) is 0.849. The first-order chi connectivity index (χ1) is 11.2. The van der Waals surface area contributed by atoms with Gasteiger partial charge in [0.05, 0.1) is 20.3 Å². The van der Waals surface area contributed by atoms with Crippen molar-refractivity contribution in [2.45, 2.75) is 38.6 Å². The average Bonchev–Trinajstić information content (AvgIpc) is 3.03. The zero-order valence-electron chi connectivity index (χ0n) is 14.3. The summed E-state index contributed by atoms with van der Waals surface area (Å²) in [5, 5.41) is 3.63. The molecule has 2 aromatic rings. The maximum absolute atomic E-state index is 5.54. The molecule has 3 heteroatoms. The molecule has 3 rings (SSSR count). The number of fused-ring (bicyclic) bond motifs is 1. The third-order valence-electron chi connectivity index (χ3n) is 4.88. The minimum atomic E-state index is 0.224. The van der Waals surface area contributed by atoms with E-state index in [4.69, 9.17) is 9.47 Å². The second-order valence-corrected chi connectivity index (χ2v) is 6.23. The molecule has 122 valence electrons. The molecule has 0 saturated carbocycles. The van der Waals surface area contributed by atoms with Gasteiger partial charge in [-0.15, -0.1) is 0 Å². The third-order valence-corrected chi connectivity index (χ3v) is 4.88. The molecule has 0 radical (unpaired) electrons. The maximum atomic E-state index is 5.54. The van der Waals surface area contributed by atoms with Gasteiger partial charge in [0.2, 0.25) is 0 Å². The summed E-state index contributed by atoms with van der Waals surface area (Å²) in [7, 11) is 3.41. The van der Waals surface area contributed by atoms with Crippen molar-refractivity contribution in [2.75, 3.05) is 19.5 Å². The summed E-state index contributed by atoms with van der Waals surface area (Å²) in [6.07, 6.45) is 2.14. The van der Waals surface area contributed by atoms with Crippen LogP contribution in [-0.4, -0.2) is 14.2 Å². The summed E-state index contributed by atoms with van der Waals surface area (Å²) in [4.78, 5) is 0. The predicted octanol–water partition coefficient (Wildman–Crippen LogP) is 4.93. The fraction of sp³-hybridized carbons (Fsp3) is 0.400. The minimum Gasteiger partial charge on any atom is -0.497 e. The zero-order valence-corrected chi connectivity index (χ0v) is 14.3. The molecule has 2 unspecified atom stereocenters. The summed E-state index contributed by atoms with van der Waals surface area (Å²) >= 11 is 0. The Morgan fingerprint density at radius 2 is 1.96 bits per heavy atom. The van der Waals surface area contributed by atoms with Crippen LogP contribution in [0, 0.1) is 0 Å². The van der Waals surface area contributed by atoms with Gasteiger partial charge in [-0.2, -0.15) is 0 Å². The van der Waals surface area contributed by atoms with Gasteiger partial charge in [-0.05, 0) is 54.2 Å². The van der Waals surface area contributed by atoms with E-state index in [2.05, 4.69) is 43.4 Å². The summed E-state index contributed by atoms with van der Waals surface area (Å²) in [6.45, 7) is 4.52. The third kappa shape index (κ3) is 3.00.